The number of aryl methyl sites for hydroxylation is 1. The largest absolute Gasteiger partial charge is 0.496 e. The second kappa shape index (κ2) is 11.3. The zero-order chi connectivity index (χ0) is 26.8. The van der Waals surface area contributed by atoms with E-state index in [4.69, 9.17) is 9.47 Å². The van der Waals surface area contributed by atoms with Crippen molar-refractivity contribution in [2.45, 2.75) is 45.7 Å². The van der Waals surface area contributed by atoms with Gasteiger partial charge in [0.15, 0.2) is 0 Å². The lowest BCUT2D eigenvalue weighted by molar-refractivity contribution is 0.111. The number of pyridine rings is 2. The number of piperidine rings is 1. The average molecular weight is 520 g/mol. The quantitative estimate of drug-likeness (QED) is 0.421. The molecule has 0 atom stereocenters. The van der Waals surface area contributed by atoms with Crippen molar-refractivity contribution in [3.05, 3.63) is 46.5 Å². The molecular formula is C30H41N5O3. The third-order valence-corrected chi connectivity index (χ3v) is 8.42. The number of benzene rings is 1. The second-order valence-corrected chi connectivity index (χ2v) is 10.5. The Balaban J connectivity index is 1.49. The molecule has 2 fully saturated rings. The molecule has 204 valence electrons. The van der Waals surface area contributed by atoms with Crippen LogP contribution >= 0.6 is 0 Å². The van der Waals surface area contributed by atoms with Crippen molar-refractivity contribution >= 4 is 16.6 Å². The lowest BCUT2D eigenvalue weighted by Crippen LogP contribution is -2.44. The van der Waals surface area contributed by atoms with E-state index < -0.39 is 0 Å². The number of anilines is 1. The summed E-state index contributed by atoms with van der Waals surface area (Å²) in [5, 5.41) is 1.52. The van der Waals surface area contributed by atoms with Crippen LogP contribution in [0.3, 0.4) is 0 Å². The van der Waals surface area contributed by atoms with Gasteiger partial charge in [-0.1, -0.05) is 13.8 Å². The number of nitrogens with zero attached hydrogens (tertiary/aromatic N) is 5. The van der Waals surface area contributed by atoms with Gasteiger partial charge in [0.2, 0.25) is 0 Å². The van der Waals surface area contributed by atoms with Crippen LogP contribution in [0.2, 0.25) is 0 Å². The number of hydrogen-bond acceptors (Lipinski definition) is 7. The molecule has 5 rings (SSSR count). The van der Waals surface area contributed by atoms with Crippen molar-refractivity contribution in [3.63, 3.8) is 0 Å². The van der Waals surface area contributed by atoms with Crippen LogP contribution in [0.4, 0.5) is 5.82 Å². The second-order valence-electron chi connectivity index (χ2n) is 10.5. The zero-order valence-electron chi connectivity index (χ0n) is 23.5. The number of methoxy groups -OCH3 is 2. The average Bonchev–Trinajstić information content (AvgIpc) is 2.91. The molecule has 2 aliphatic heterocycles. The highest BCUT2D eigenvalue weighted by molar-refractivity contribution is 5.97. The van der Waals surface area contributed by atoms with Crippen molar-refractivity contribution < 1.29 is 9.47 Å². The van der Waals surface area contributed by atoms with Crippen LogP contribution in [0.1, 0.15) is 38.7 Å². The first-order valence-electron chi connectivity index (χ1n) is 13.9. The van der Waals surface area contributed by atoms with Gasteiger partial charge in [0.05, 0.1) is 25.2 Å². The van der Waals surface area contributed by atoms with E-state index in [0.717, 1.165) is 85.2 Å². The molecular weight excluding hydrogens is 478 g/mol. The van der Waals surface area contributed by atoms with Gasteiger partial charge < -0.3 is 23.8 Å². The highest BCUT2D eigenvalue weighted by atomic mass is 16.5. The smallest absolute Gasteiger partial charge is 0.259 e. The Morgan fingerprint density at radius 2 is 1.63 bits per heavy atom. The molecule has 0 radical (unpaired) electrons. The monoisotopic (exact) mass is 519 g/mol. The third kappa shape index (κ3) is 4.99. The van der Waals surface area contributed by atoms with Gasteiger partial charge in [-0.2, -0.15) is 0 Å². The van der Waals surface area contributed by atoms with E-state index >= 15 is 0 Å². The van der Waals surface area contributed by atoms with Crippen molar-refractivity contribution in [1.29, 1.82) is 0 Å². The molecule has 0 saturated carbocycles. The van der Waals surface area contributed by atoms with E-state index in [2.05, 4.69) is 51.7 Å². The summed E-state index contributed by atoms with van der Waals surface area (Å²) >= 11 is 0. The number of fused-ring (bicyclic) bond motifs is 1. The van der Waals surface area contributed by atoms with Gasteiger partial charge in [0.25, 0.3) is 5.56 Å². The summed E-state index contributed by atoms with van der Waals surface area (Å²) in [6.45, 7) is 11.6. The fourth-order valence-corrected chi connectivity index (χ4v) is 6.00. The van der Waals surface area contributed by atoms with Gasteiger partial charge >= 0.3 is 0 Å². The summed E-state index contributed by atoms with van der Waals surface area (Å²) in [7, 11) is 5.23. The maximum atomic E-state index is 13.0. The molecule has 0 amide bonds. The SMILES string of the molecule is CCN(CC)C1CCN(Cc2c(OC)cc(-c3cn(C)c(=O)c4cnc(N5CCC5)cc34)cc2OC)CC1. The summed E-state index contributed by atoms with van der Waals surface area (Å²) in [5.41, 5.74) is 2.95. The minimum atomic E-state index is -0.0462. The fraction of sp³-hybridized carbons (Fsp3) is 0.533. The van der Waals surface area contributed by atoms with E-state index in [0.29, 0.717) is 11.4 Å². The molecule has 2 aromatic heterocycles. The Kier molecular flexibility index (Phi) is 7.91. The van der Waals surface area contributed by atoms with Crippen LogP contribution in [0.15, 0.2) is 35.4 Å². The van der Waals surface area contributed by atoms with Gasteiger partial charge in [0.1, 0.15) is 17.3 Å². The van der Waals surface area contributed by atoms with E-state index in [1.165, 1.54) is 19.3 Å². The molecule has 2 saturated heterocycles. The summed E-state index contributed by atoms with van der Waals surface area (Å²) in [5.74, 6) is 2.54. The van der Waals surface area contributed by atoms with E-state index in [1.54, 1.807) is 32.0 Å². The Labute approximate surface area is 225 Å². The molecule has 0 spiro atoms. The van der Waals surface area contributed by atoms with Crippen LogP contribution in [0, 0.1) is 0 Å². The van der Waals surface area contributed by atoms with Crippen LogP contribution < -0.4 is 19.9 Å². The number of aromatic nitrogens is 2. The molecule has 8 nitrogen and oxygen atoms in total. The topological polar surface area (TPSA) is 63.1 Å². The van der Waals surface area contributed by atoms with E-state index in [-0.39, 0.29) is 5.56 Å². The predicted octanol–water partition coefficient (Wildman–Crippen LogP) is 4.13. The Morgan fingerprint density at radius 3 is 2.18 bits per heavy atom. The first-order chi connectivity index (χ1) is 18.5. The van der Waals surface area contributed by atoms with Crippen molar-refractivity contribution in [2.75, 3.05) is 58.4 Å². The Bertz CT molecular complexity index is 1310. The molecule has 1 aromatic carbocycles. The molecule has 3 aromatic rings. The molecule has 0 unspecified atom stereocenters. The zero-order valence-corrected chi connectivity index (χ0v) is 23.5. The van der Waals surface area contributed by atoms with Crippen LogP contribution in [0.25, 0.3) is 21.9 Å². The summed E-state index contributed by atoms with van der Waals surface area (Å²) in [6.07, 6.45) is 7.17. The summed E-state index contributed by atoms with van der Waals surface area (Å²) in [4.78, 5) is 24.9. The van der Waals surface area contributed by atoms with Gasteiger partial charge in [-0.05, 0) is 69.2 Å². The fourth-order valence-electron chi connectivity index (χ4n) is 6.00. The maximum Gasteiger partial charge on any atom is 0.259 e. The highest BCUT2D eigenvalue weighted by Crippen LogP contribution is 2.39. The normalized spacial score (nSPS) is 16.7. The number of hydrogen-bond donors (Lipinski definition) is 0. The molecule has 38 heavy (non-hydrogen) atoms. The van der Waals surface area contributed by atoms with Crippen molar-refractivity contribution in [1.82, 2.24) is 19.4 Å². The molecule has 8 heteroatoms. The van der Waals surface area contributed by atoms with Crippen molar-refractivity contribution in [3.8, 4) is 22.6 Å². The lowest BCUT2D eigenvalue weighted by atomic mass is 9.97. The third-order valence-electron chi connectivity index (χ3n) is 8.42. The molecule has 0 bridgehead atoms. The first-order valence-corrected chi connectivity index (χ1v) is 13.9. The van der Waals surface area contributed by atoms with Gasteiger partial charge in [-0.25, -0.2) is 4.98 Å². The van der Waals surface area contributed by atoms with Gasteiger partial charge in [-0.3, -0.25) is 9.69 Å². The van der Waals surface area contributed by atoms with E-state index in [9.17, 15) is 4.79 Å². The first kappa shape index (κ1) is 26.5. The minimum absolute atomic E-state index is 0.0462. The predicted molar refractivity (Wildman–Crippen MR) is 154 cm³/mol. The number of ether oxygens (including phenoxy) is 2. The van der Waals surface area contributed by atoms with Crippen LogP contribution in [0.5, 0.6) is 11.5 Å². The lowest BCUT2D eigenvalue weighted by Gasteiger charge is -2.38. The molecule has 0 aliphatic carbocycles. The number of likely N-dealkylation sites (tertiary alicyclic amines) is 1. The Hall–Kier alpha value is -3.10. The number of rotatable bonds is 9. The Morgan fingerprint density at radius 1 is 0.974 bits per heavy atom. The van der Waals surface area contributed by atoms with Crippen LogP contribution in [-0.4, -0.2) is 78.9 Å². The van der Waals surface area contributed by atoms with Gasteiger partial charge in [0, 0.05) is 56.1 Å². The summed E-state index contributed by atoms with van der Waals surface area (Å²) in [6, 6.07) is 6.89. The standard InChI is InChI=1S/C30H41N5O3/c1-6-34(7-2)22-9-13-33(14-10-22)20-26-27(37-4)15-21(16-28(26)38-5)25-19-32(3)30(36)24-18-31-29(17-23(24)25)35-11-8-12-35/h15-19,22H,6-14,20H2,1-5H3. The molecule has 4 heterocycles. The van der Waals surface area contributed by atoms with Gasteiger partial charge in [-0.15, -0.1) is 0 Å². The highest BCUT2D eigenvalue weighted by Gasteiger charge is 2.25. The van der Waals surface area contributed by atoms with Crippen LogP contribution in [-0.2, 0) is 13.6 Å². The molecule has 2 aliphatic rings. The minimum Gasteiger partial charge on any atom is -0.496 e. The maximum absolute atomic E-state index is 13.0. The molecule has 0 N–H and O–H groups in total. The summed E-state index contributed by atoms with van der Waals surface area (Å²) < 4.78 is 13.5. The van der Waals surface area contributed by atoms with Crippen molar-refractivity contribution in [2.24, 2.45) is 7.05 Å². The van der Waals surface area contributed by atoms with E-state index in [1.807, 2.05) is 6.20 Å².